The number of aromatic nitrogens is 1. The molecule has 0 saturated heterocycles. The van der Waals surface area contributed by atoms with Gasteiger partial charge in [0.15, 0.2) is 6.61 Å². The van der Waals surface area contributed by atoms with Crippen molar-refractivity contribution in [3.8, 4) is 5.69 Å². The van der Waals surface area contributed by atoms with Gasteiger partial charge in [0.25, 0.3) is 0 Å². The Morgan fingerprint density at radius 3 is 2.36 bits per heavy atom. The van der Waals surface area contributed by atoms with Crippen molar-refractivity contribution in [3.63, 3.8) is 0 Å². The molecule has 1 fully saturated rings. The van der Waals surface area contributed by atoms with E-state index in [4.69, 9.17) is 27.9 Å². The van der Waals surface area contributed by atoms with E-state index in [2.05, 4.69) is 0 Å². The molecule has 1 heterocycles. The summed E-state index contributed by atoms with van der Waals surface area (Å²) in [5, 5.41) is 0. The van der Waals surface area contributed by atoms with Crippen LogP contribution < -0.4 is 0 Å². The van der Waals surface area contributed by atoms with Crippen molar-refractivity contribution in [3.05, 3.63) is 53.3 Å². The number of hydrogen-bond acceptors (Lipinski definition) is 3. The molecule has 2 aromatic rings. The number of ketones is 1. The highest BCUT2D eigenvalue weighted by Crippen LogP contribution is 2.64. The standard InChI is InChI=1S/C19H19Cl2NO3/c1-12-9-15(13(2)22(12)14-7-5-4-6-8-14)16(23)10-25-17(24)18(3)11-19(18,20)21/h4-9H,10-11H2,1-3H3/t18-/m1/s1. The molecule has 4 nitrogen and oxygen atoms in total. The quantitative estimate of drug-likeness (QED) is 0.439. The molecule has 1 saturated carbocycles. The van der Waals surface area contributed by atoms with Gasteiger partial charge in [0, 0.05) is 29.1 Å². The lowest BCUT2D eigenvalue weighted by Gasteiger charge is -2.12. The fourth-order valence-electron chi connectivity index (χ4n) is 3.01. The Bertz CT molecular complexity index is 842. The van der Waals surface area contributed by atoms with Gasteiger partial charge in [0.05, 0.1) is 0 Å². The first-order valence-electron chi connectivity index (χ1n) is 8.00. The number of hydrogen-bond donors (Lipinski definition) is 0. The summed E-state index contributed by atoms with van der Waals surface area (Å²) in [5.41, 5.74) is 2.34. The molecule has 0 aliphatic heterocycles. The highest BCUT2D eigenvalue weighted by molar-refractivity contribution is 6.53. The molecule has 132 valence electrons. The summed E-state index contributed by atoms with van der Waals surface area (Å²) >= 11 is 11.9. The smallest absolute Gasteiger partial charge is 0.315 e. The second-order valence-electron chi connectivity index (χ2n) is 6.67. The number of aryl methyl sites for hydroxylation is 1. The molecule has 0 bridgehead atoms. The summed E-state index contributed by atoms with van der Waals surface area (Å²) < 4.78 is 6.06. The number of esters is 1. The van der Waals surface area contributed by atoms with Crippen molar-refractivity contribution >= 4 is 35.0 Å². The van der Waals surface area contributed by atoms with Crippen molar-refractivity contribution < 1.29 is 14.3 Å². The number of ether oxygens (including phenoxy) is 1. The van der Waals surface area contributed by atoms with Crippen molar-refractivity contribution in [2.24, 2.45) is 5.41 Å². The Balaban J connectivity index is 1.75. The number of halogens is 2. The maximum atomic E-state index is 12.5. The molecule has 0 radical (unpaired) electrons. The topological polar surface area (TPSA) is 48.3 Å². The molecule has 0 unspecified atom stereocenters. The van der Waals surface area contributed by atoms with Gasteiger partial charge in [-0.15, -0.1) is 23.2 Å². The van der Waals surface area contributed by atoms with E-state index in [9.17, 15) is 9.59 Å². The lowest BCUT2D eigenvalue weighted by Crippen LogP contribution is -2.24. The fraction of sp³-hybridized carbons (Fsp3) is 0.368. The monoisotopic (exact) mass is 379 g/mol. The van der Waals surface area contributed by atoms with Crippen LogP contribution in [0.2, 0.25) is 0 Å². The minimum atomic E-state index is -1.10. The van der Waals surface area contributed by atoms with E-state index >= 15 is 0 Å². The van der Waals surface area contributed by atoms with Crippen molar-refractivity contribution in [1.82, 2.24) is 4.57 Å². The van der Waals surface area contributed by atoms with Crippen molar-refractivity contribution in [1.29, 1.82) is 0 Å². The van der Waals surface area contributed by atoms with Gasteiger partial charge >= 0.3 is 5.97 Å². The second-order valence-corrected chi connectivity index (χ2v) is 8.15. The van der Waals surface area contributed by atoms with Crippen LogP contribution in [0, 0.1) is 19.3 Å². The van der Waals surface area contributed by atoms with E-state index in [1.54, 1.807) is 6.92 Å². The van der Waals surface area contributed by atoms with E-state index in [0.29, 0.717) is 12.0 Å². The number of Topliss-reactive ketones (excluding diaryl/α,β-unsaturated/α-hetero) is 1. The Morgan fingerprint density at radius 2 is 1.80 bits per heavy atom. The van der Waals surface area contributed by atoms with Crippen LogP contribution in [0.3, 0.4) is 0 Å². The lowest BCUT2D eigenvalue weighted by atomic mass is 10.1. The molecule has 0 spiro atoms. The molecule has 1 aromatic carbocycles. The van der Waals surface area contributed by atoms with Gasteiger partial charge in [-0.25, -0.2) is 0 Å². The van der Waals surface area contributed by atoms with Crippen LogP contribution in [0.5, 0.6) is 0 Å². The predicted molar refractivity (Wildman–Crippen MR) is 97.7 cm³/mol. The molecule has 0 amide bonds. The minimum absolute atomic E-state index is 0.248. The highest BCUT2D eigenvalue weighted by atomic mass is 35.5. The number of alkyl halides is 2. The average molecular weight is 380 g/mol. The Hall–Kier alpha value is -1.78. The molecule has 1 aliphatic carbocycles. The predicted octanol–water partition coefficient (Wildman–Crippen LogP) is 4.40. The summed E-state index contributed by atoms with van der Waals surface area (Å²) in [6.45, 7) is 5.13. The summed E-state index contributed by atoms with van der Waals surface area (Å²) in [6.07, 6.45) is 0.332. The molecule has 25 heavy (non-hydrogen) atoms. The zero-order chi connectivity index (χ0) is 18.4. The first kappa shape index (κ1) is 18.0. The maximum absolute atomic E-state index is 12.5. The number of carbonyl (C=O) groups excluding carboxylic acids is 2. The molecule has 1 aliphatic rings. The van der Waals surface area contributed by atoms with E-state index < -0.39 is 15.7 Å². The first-order chi connectivity index (χ1) is 11.7. The van der Waals surface area contributed by atoms with Crippen LogP contribution >= 0.6 is 23.2 Å². The second kappa shape index (κ2) is 6.19. The highest BCUT2D eigenvalue weighted by Gasteiger charge is 2.69. The SMILES string of the molecule is Cc1cc(C(=O)COC(=O)[C@@]2(C)CC2(Cl)Cl)c(C)n1-c1ccccc1. The lowest BCUT2D eigenvalue weighted by molar-refractivity contribution is -0.148. The van der Waals surface area contributed by atoms with Crippen LogP contribution in [0.25, 0.3) is 5.69 Å². The van der Waals surface area contributed by atoms with Gasteiger partial charge in [0.2, 0.25) is 5.78 Å². The Morgan fingerprint density at radius 1 is 1.20 bits per heavy atom. The Labute approximate surface area is 156 Å². The van der Waals surface area contributed by atoms with E-state index in [-0.39, 0.29) is 12.4 Å². The van der Waals surface area contributed by atoms with Gasteiger partial charge in [-0.1, -0.05) is 18.2 Å². The van der Waals surface area contributed by atoms with Gasteiger partial charge in [0.1, 0.15) is 9.75 Å². The average Bonchev–Trinajstić information content (AvgIpc) is 2.94. The normalized spacial score (nSPS) is 21.0. The molecule has 6 heteroatoms. The Kier molecular flexibility index (Phi) is 4.46. The van der Waals surface area contributed by atoms with Crippen LogP contribution in [-0.2, 0) is 9.53 Å². The first-order valence-corrected chi connectivity index (χ1v) is 8.75. The molecule has 1 aromatic heterocycles. The van der Waals surface area contributed by atoms with Crippen LogP contribution in [0.15, 0.2) is 36.4 Å². The van der Waals surface area contributed by atoms with Gasteiger partial charge < -0.3 is 9.30 Å². The third-order valence-electron chi connectivity index (χ3n) is 4.79. The van der Waals surface area contributed by atoms with Gasteiger partial charge in [-0.3, -0.25) is 9.59 Å². The molecular formula is C19H19Cl2NO3. The number of benzene rings is 1. The molecular weight excluding hydrogens is 361 g/mol. The number of rotatable bonds is 5. The minimum Gasteiger partial charge on any atom is -0.457 e. The van der Waals surface area contributed by atoms with E-state index in [0.717, 1.165) is 17.1 Å². The fourth-order valence-corrected chi connectivity index (χ4v) is 3.70. The van der Waals surface area contributed by atoms with Crippen molar-refractivity contribution in [2.75, 3.05) is 6.61 Å². The van der Waals surface area contributed by atoms with Gasteiger partial charge in [-0.05, 0) is 39.0 Å². The zero-order valence-corrected chi connectivity index (χ0v) is 15.8. The number of nitrogens with zero attached hydrogens (tertiary/aromatic N) is 1. The molecule has 0 N–H and O–H groups in total. The zero-order valence-electron chi connectivity index (χ0n) is 14.3. The maximum Gasteiger partial charge on any atom is 0.315 e. The number of para-hydroxylation sites is 1. The third kappa shape index (κ3) is 3.09. The summed E-state index contributed by atoms with van der Waals surface area (Å²) in [6, 6.07) is 11.6. The van der Waals surface area contributed by atoms with Crippen molar-refractivity contribution in [2.45, 2.75) is 31.5 Å². The number of carbonyl (C=O) groups is 2. The summed E-state index contributed by atoms with van der Waals surface area (Å²) in [7, 11) is 0. The molecule has 1 atom stereocenters. The van der Waals surface area contributed by atoms with E-state index in [1.165, 1.54) is 0 Å². The van der Waals surface area contributed by atoms with E-state index in [1.807, 2.05) is 54.8 Å². The summed E-state index contributed by atoms with van der Waals surface area (Å²) in [5.74, 6) is -0.787. The van der Waals surface area contributed by atoms with Gasteiger partial charge in [-0.2, -0.15) is 0 Å². The third-order valence-corrected chi connectivity index (χ3v) is 5.89. The van der Waals surface area contributed by atoms with Crippen LogP contribution in [0.1, 0.15) is 35.1 Å². The molecule has 3 rings (SSSR count). The summed E-state index contributed by atoms with van der Waals surface area (Å²) in [4.78, 5) is 24.6. The largest absolute Gasteiger partial charge is 0.457 e. The van der Waals surface area contributed by atoms with Crippen LogP contribution in [-0.4, -0.2) is 27.3 Å². The van der Waals surface area contributed by atoms with Crippen LogP contribution in [0.4, 0.5) is 0 Å².